The molecule has 0 N–H and O–H groups in total. The SMILES string of the molecule is CC(=O)c1ccc2c(c1)CN(C(C)C)S(=O)(=O)N2CCCl. The summed E-state index contributed by atoms with van der Waals surface area (Å²) in [6.45, 7) is 5.64. The summed E-state index contributed by atoms with van der Waals surface area (Å²) in [6.07, 6.45) is 0. The smallest absolute Gasteiger partial charge is 0.295 e. The summed E-state index contributed by atoms with van der Waals surface area (Å²) < 4.78 is 28.0. The highest BCUT2D eigenvalue weighted by Crippen LogP contribution is 2.34. The molecule has 0 atom stereocenters. The standard InChI is InChI=1S/C14H19ClN2O3S/c1-10(2)17-9-13-8-12(11(3)18)4-5-14(13)16(7-6-15)21(17,19)20/h4-5,8,10H,6-7,9H2,1-3H3. The molecule has 0 saturated heterocycles. The fourth-order valence-corrected chi connectivity index (χ4v) is 4.54. The average Bonchev–Trinajstić information content (AvgIpc) is 2.40. The van der Waals surface area contributed by atoms with Crippen molar-refractivity contribution in [3.05, 3.63) is 29.3 Å². The van der Waals surface area contributed by atoms with Crippen LogP contribution >= 0.6 is 11.6 Å². The first kappa shape index (κ1) is 16.3. The Balaban J connectivity index is 2.59. The van der Waals surface area contributed by atoms with Gasteiger partial charge in [-0.25, -0.2) is 0 Å². The van der Waals surface area contributed by atoms with Crippen LogP contribution in [0.25, 0.3) is 0 Å². The number of Topliss-reactive ketones (excluding diaryl/α,β-unsaturated/α-hetero) is 1. The van der Waals surface area contributed by atoms with E-state index in [-0.39, 0.29) is 30.8 Å². The molecule has 0 saturated carbocycles. The first-order valence-electron chi connectivity index (χ1n) is 6.78. The third kappa shape index (κ3) is 2.93. The molecule has 0 unspecified atom stereocenters. The summed E-state index contributed by atoms with van der Waals surface area (Å²) in [5.41, 5.74) is 2.02. The second-order valence-electron chi connectivity index (χ2n) is 5.31. The number of fused-ring (bicyclic) bond motifs is 1. The quantitative estimate of drug-likeness (QED) is 0.629. The van der Waals surface area contributed by atoms with Crippen LogP contribution in [0.15, 0.2) is 18.2 Å². The summed E-state index contributed by atoms with van der Waals surface area (Å²) >= 11 is 5.76. The van der Waals surface area contributed by atoms with Crippen LogP contribution in [-0.4, -0.2) is 37.0 Å². The Morgan fingerprint density at radius 2 is 2.05 bits per heavy atom. The monoisotopic (exact) mass is 330 g/mol. The van der Waals surface area contributed by atoms with Crippen molar-refractivity contribution in [3.63, 3.8) is 0 Å². The second kappa shape index (κ2) is 5.94. The largest absolute Gasteiger partial charge is 0.304 e. The van der Waals surface area contributed by atoms with Crippen molar-refractivity contribution in [2.75, 3.05) is 16.7 Å². The lowest BCUT2D eigenvalue weighted by Crippen LogP contribution is -2.50. The van der Waals surface area contributed by atoms with E-state index in [1.165, 1.54) is 15.5 Å². The Hall–Kier alpha value is -1.11. The maximum absolute atomic E-state index is 12.7. The Labute approximate surface area is 130 Å². The first-order valence-corrected chi connectivity index (χ1v) is 8.71. The van der Waals surface area contributed by atoms with Crippen molar-refractivity contribution in [2.45, 2.75) is 33.4 Å². The normalized spacial score (nSPS) is 17.9. The molecule has 0 amide bonds. The highest BCUT2D eigenvalue weighted by molar-refractivity contribution is 7.90. The molecule has 1 aromatic rings. The van der Waals surface area contributed by atoms with Gasteiger partial charge in [-0.2, -0.15) is 12.7 Å². The van der Waals surface area contributed by atoms with Gasteiger partial charge in [0, 0.05) is 30.6 Å². The van der Waals surface area contributed by atoms with Gasteiger partial charge < -0.3 is 0 Å². The summed E-state index contributed by atoms with van der Waals surface area (Å²) in [7, 11) is -3.57. The van der Waals surface area contributed by atoms with Gasteiger partial charge in [0.15, 0.2) is 5.78 Å². The molecular formula is C14H19ClN2O3S. The highest BCUT2D eigenvalue weighted by atomic mass is 35.5. The van der Waals surface area contributed by atoms with Crippen LogP contribution in [0.3, 0.4) is 0 Å². The zero-order valence-electron chi connectivity index (χ0n) is 12.3. The minimum atomic E-state index is -3.57. The molecule has 1 aromatic carbocycles. The molecule has 21 heavy (non-hydrogen) atoms. The van der Waals surface area contributed by atoms with Gasteiger partial charge in [0.05, 0.1) is 5.69 Å². The fraction of sp³-hybridized carbons (Fsp3) is 0.500. The van der Waals surface area contributed by atoms with E-state index in [9.17, 15) is 13.2 Å². The Bertz CT molecular complexity index is 658. The van der Waals surface area contributed by atoms with E-state index < -0.39 is 10.2 Å². The van der Waals surface area contributed by atoms with Crippen molar-refractivity contribution in [2.24, 2.45) is 0 Å². The number of carbonyl (C=O) groups is 1. The molecule has 0 spiro atoms. The predicted molar refractivity (Wildman–Crippen MR) is 84.1 cm³/mol. The van der Waals surface area contributed by atoms with Crippen molar-refractivity contribution in [1.29, 1.82) is 0 Å². The van der Waals surface area contributed by atoms with Crippen molar-refractivity contribution >= 4 is 33.3 Å². The number of alkyl halides is 1. The summed E-state index contributed by atoms with van der Waals surface area (Å²) in [5, 5.41) is 0. The summed E-state index contributed by atoms with van der Waals surface area (Å²) in [6, 6.07) is 4.95. The maximum Gasteiger partial charge on any atom is 0.304 e. The minimum absolute atomic E-state index is 0.0359. The van der Waals surface area contributed by atoms with Crippen LogP contribution in [0.2, 0.25) is 0 Å². The Kier molecular flexibility index (Phi) is 4.60. The fourth-order valence-electron chi connectivity index (χ4n) is 2.44. The number of ketones is 1. The van der Waals surface area contributed by atoms with Crippen LogP contribution in [0.5, 0.6) is 0 Å². The molecule has 5 nitrogen and oxygen atoms in total. The van der Waals surface area contributed by atoms with Crippen molar-refractivity contribution < 1.29 is 13.2 Å². The third-order valence-corrected chi connectivity index (χ3v) is 5.77. The van der Waals surface area contributed by atoms with Gasteiger partial charge >= 0.3 is 10.2 Å². The van der Waals surface area contributed by atoms with Gasteiger partial charge in [-0.1, -0.05) is 0 Å². The number of carbonyl (C=O) groups excluding carboxylic acids is 1. The van der Waals surface area contributed by atoms with Crippen LogP contribution in [0.1, 0.15) is 36.7 Å². The number of anilines is 1. The maximum atomic E-state index is 12.7. The zero-order valence-corrected chi connectivity index (χ0v) is 13.9. The molecule has 0 fully saturated rings. The number of hydrogen-bond donors (Lipinski definition) is 0. The molecule has 0 radical (unpaired) electrons. The van der Waals surface area contributed by atoms with E-state index in [1.807, 2.05) is 13.8 Å². The van der Waals surface area contributed by atoms with Gasteiger partial charge in [0.1, 0.15) is 0 Å². The van der Waals surface area contributed by atoms with Gasteiger partial charge in [0.2, 0.25) is 0 Å². The molecule has 2 rings (SSSR count). The van der Waals surface area contributed by atoms with Crippen LogP contribution < -0.4 is 4.31 Å². The van der Waals surface area contributed by atoms with E-state index in [2.05, 4.69) is 0 Å². The lowest BCUT2D eigenvalue weighted by Gasteiger charge is -2.39. The first-order chi connectivity index (χ1) is 9.78. The third-order valence-electron chi connectivity index (χ3n) is 3.52. The molecule has 1 heterocycles. The number of halogens is 1. The van der Waals surface area contributed by atoms with Crippen molar-refractivity contribution in [3.8, 4) is 0 Å². The molecular weight excluding hydrogens is 312 g/mol. The Morgan fingerprint density at radius 3 is 2.57 bits per heavy atom. The van der Waals surface area contributed by atoms with Crippen LogP contribution in [0.4, 0.5) is 5.69 Å². The number of hydrogen-bond acceptors (Lipinski definition) is 3. The van der Waals surface area contributed by atoms with E-state index in [4.69, 9.17) is 11.6 Å². The average molecular weight is 331 g/mol. The van der Waals surface area contributed by atoms with Crippen LogP contribution in [0, 0.1) is 0 Å². The predicted octanol–water partition coefficient (Wildman–Crippen LogP) is 2.40. The van der Waals surface area contributed by atoms with Gasteiger partial charge in [-0.3, -0.25) is 9.10 Å². The van der Waals surface area contributed by atoms with Gasteiger partial charge in [0.25, 0.3) is 0 Å². The summed E-state index contributed by atoms with van der Waals surface area (Å²) in [5.74, 6) is 0.171. The van der Waals surface area contributed by atoms with Gasteiger partial charge in [-0.15, -0.1) is 11.6 Å². The minimum Gasteiger partial charge on any atom is -0.295 e. The van der Waals surface area contributed by atoms with E-state index in [0.29, 0.717) is 11.3 Å². The topological polar surface area (TPSA) is 57.7 Å². The molecule has 0 aromatic heterocycles. The zero-order chi connectivity index (χ0) is 15.8. The lowest BCUT2D eigenvalue weighted by atomic mass is 10.1. The molecule has 0 bridgehead atoms. The van der Waals surface area contributed by atoms with E-state index >= 15 is 0 Å². The number of nitrogens with zero attached hydrogens (tertiary/aromatic N) is 2. The number of benzene rings is 1. The van der Waals surface area contributed by atoms with E-state index in [1.54, 1.807) is 18.2 Å². The molecule has 0 aliphatic carbocycles. The number of rotatable bonds is 4. The Morgan fingerprint density at radius 1 is 1.38 bits per heavy atom. The van der Waals surface area contributed by atoms with E-state index in [0.717, 1.165) is 5.56 Å². The molecule has 7 heteroatoms. The molecule has 1 aliphatic heterocycles. The highest BCUT2D eigenvalue weighted by Gasteiger charge is 2.37. The second-order valence-corrected chi connectivity index (χ2v) is 7.49. The summed E-state index contributed by atoms with van der Waals surface area (Å²) in [4.78, 5) is 11.5. The molecule has 1 aliphatic rings. The van der Waals surface area contributed by atoms with Crippen molar-refractivity contribution in [1.82, 2.24) is 4.31 Å². The lowest BCUT2D eigenvalue weighted by molar-refractivity contribution is 0.101. The molecule has 116 valence electrons. The van der Waals surface area contributed by atoms with Gasteiger partial charge in [-0.05, 0) is 44.5 Å². The van der Waals surface area contributed by atoms with Crippen LogP contribution in [-0.2, 0) is 16.8 Å².